The number of unbranched alkanes of at least 4 members (excludes halogenated alkanes) is 1. The van der Waals surface area contributed by atoms with Gasteiger partial charge in [-0.2, -0.15) is 0 Å². The van der Waals surface area contributed by atoms with Gasteiger partial charge >= 0.3 is 0 Å². The van der Waals surface area contributed by atoms with Crippen molar-refractivity contribution in [1.82, 2.24) is 10.9 Å². The summed E-state index contributed by atoms with van der Waals surface area (Å²) >= 11 is 0. The van der Waals surface area contributed by atoms with Crippen molar-refractivity contribution in [2.45, 2.75) is 31.9 Å². The monoisotopic (exact) mass is 176 g/mol. The smallest absolute Gasteiger partial charge is 0.233 e. The molecule has 0 rings (SSSR count). The number of aliphatic hydroxyl groups is 1. The lowest BCUT2D eigenvalue weighted by Crippen LogP contribution is -2.34. The number of rotatable bonds is 6. The first-order valence-corrected chi connectivity index (χ1v) is 3.84. The van der Waals surface area contributed by atoms with Gasteiger partial charge in [0.05, 0.1) is 0 Å². The van der Waals surface area contributed by atoms with E-state index in [-0.39, 0.29) is 5.91 Å². The lowest BCUT2D eigenvalue weighted by Gasteiger charge is -2.07. The Bertz CT molecular complexity index is 131. The van der Waals surface area contributed by atoms with E-state index in [1.54, 1.807) is 0 Å². The average Bonchev–Trinajstić information content (AvgIpc) is 2.11. The normalized spacial score (nSPS) is 12.6. The zero-order valence-corrected chi connectivity index (χ0v) is 6.92. The first-order valence-electron chi connectivity index (χ1n) is 3.84. The van der Waals surface area contributed by atoms with Gasteiger partial charge in [0.25, 0.3) is 0 Å². The Morgan fingerprint density at radius 3 is 2.58 bits per heavy atom. The Kier molecular flexibility index (Phi) is 6.58. The quantitative estimate of drug-likeness (QED) is 0.109. The molecular weight excluding hydrogens is 160 g/mol. The molecule has 0 aliphatic heterocycles. The number of hydrazine groups is 2. The number of hydrogen-bond acceptors (Lipinski definition) is 5. The fraction of sp³-hybridized carbons (Fsp3) is 0.833. The van der Waals surface area contributed by atoms with Gasteiger partial charge in [-0.3, -0.25) is 16.1 Å². The van der Waals surface area contributed by atoms with Gasteiger partial charge in [0, 0.05) is 6.42 Å². The summed E-state index contributed by atoms with van der Waals surface area (Å²) in [7, 11) is 0. The summed E-state index contributed by atoms with van der Waals surface area (Å²) < 4.78 is 0. The predicted molar refractivity (Wildman–Crippen MR) is 44.1 cm³/mol. The summed E-state index contributed by atoms with van der Waals surface area (Å²) in [6.07, 6.45) is 1.66. The van der Waals surface area contributed by atoms with E-state index in [0.717, 1.165) is 6.42 Å². The number of nitrogens with two attached hydrogens (primary N) is 2. The van der Waals surface area contributed by atoms with Gasteiger partial charge in [0.15, 0.2) is 0 Å². The molecule has 1 amide bonds. The summed E-state index contributed by atoms with van der Waals surface area (Å²) in [6, 6.07) is 0. The van der Waals surface area contributed by atoms with Crippen LogP contribution in [0.5, 0.6) is 0 Å². The summed E-state index contributed by atoms with van der Waals surface area (Å²) in [6.45, 7) is 0. The van der Waals surface area contributed by atoms with Crippen LogP contribution in [0.3, 0.4) is 0 Å². The maximum atomic E-state index is 10.6. The predicted octanol–water partition coefficient (Wildman–Crippen LogP) is -1.68. The summed E-state index contributed by atoms with van der Waals surface area (Å²) in [5.74, 6) is 9.61. The summed E-state index contributed by atoms with van der Waals surface area (Å²) in [4.78, 5) is 10.6. The number of nitrogens with one attached hydrogen (secondary N) is 2. The maximum Gasteiger partial charge on any atom is 0.233 e. The molecule has 12 heavy (non-hydrogen) atoms. The highest BCUT2D eigenvalue weighted by Gasteiger charge is 2.01. The van der Waals surface area contributed by atoms with Crippen LogP contribution in [0.1, 0.15) is 25.7 Å². The van der Waals surface area contributed by atoms with Gasteiger partial charge in [0.2, 0.25) is 5.91 Å². The van der Waals surface area contributed by atoms with Crippen LogP contribution in [0.4, 0.5) is 0 Å². The topological polar surface area (TPSA) is 113 Å². The highest BCUT2D eigenvalue weighted by atomic mass is 16.3. The van der Waals surface area contributed by atoms with Crippen LogP contribution >= 0.6 is 0 Å². The Balaban J connectivity index is 3.15. The van der Waals surface area contributed by atoms with Crippen molar-refractivity contribution >= 4 is 5.91 Å². The van der Waals surface area contributed by atoms with Crippen molar-refractivity contribution in [2.75, 3.05) is 0 Å². The summed E-state index contributed by atoms with van der Waals surface area (Å²) in [5.41, 5.74) is 4.22. The van der Waals surface area contributed by atoms with Crippen molar-refractivity contribution in [2.24, 2.45) is 11.7 Å². The molecule has 0 radical (unpaired) electrons. The zero-order valence-electron chi connectivity index (χ0n) is 6.92. The van der Waals surface area contributed by atoms with Crippen molar-refractivity contribution in [3.05, 3.63) is 0 Å². The van der Waals surface area contributed by atoms with Crippen LogP contribution in [0.25, 0.3) is 0 Å². The standard InChI is InChI=1S/C6H16N4O2/c7-9-5(11)3-1-2-4-6(12)10-8/h5,9,11H,1-4,7-8H2,(H,10,12)/t5-/m0/s1. The third-order valence-electron chi connectivity index (χ3n) is 1.48. The molecule has 0 fully saturated rings. The van der Waals surface area contributed by atoms with Crippen LogP contribution in [-0.2, 0) is 4.79 Å². The first kappa shape index (κ1) is 11.3. The molecule has 0 aromatic rings. The molecule has 0 heterocycles. The van der Waals surface area contributed by atoms with E-state index in [2.05, 4.69) is 5.43 Å². The van der Waals surface area contributed by atoms with Crippen molar-refractivity contribution in [3.63, 3.8) is 0 Å². The molecule has 0 saturated heterocycles. The molecule has 0 aliphatic carbocycles. The van der Waals surface area contributed by atoms with Crippen LogP contribution in [0.2, 0.25) is 0 Å². The molecule has 6 nitrogen and oxygen atoms in total. The van der Waals surface area contributed by atoms with Gasteiger partial charge in [-0.1, -0.05) is 0 Å². The van der Waals surface area contributed by atoms with Crippen molar-refractivity contribution in [1.29, 1.82) is 0 Å². The summed E-state index contributed by atoms with van der Waals surface area (Å²) in [5, 5.41) is 8.92. The third kappa shape index (κ3) is 6.05. The van der Waals surface area contributed by atoms with Gasteiger partial charge in [-0.05, 0) is 19.3 Å². The van der Waals surface area contributed by atoms with E-state index < -0.39 is 6.23 Å². The van der Waals surface area contributed by atoms with Crippen molar-refractivity contribution < 1.29 is 9.90 Å². The number of aliphatic hydroxyl groups excluding tert-OH is 1. The van der Waals surface area contributed by atoms with Gasteiger partial charge < -0.3 is 5.11 Å². The van der Waals surface area contributed by atoms with Crippen LogP contribution in [-0.4, -0.2) is 17.2 Å². The molecule has 1 atom stereocenters. The molecule has 0 bridgehead atoms. The van der Waals surface area contributed by atoms with Crippen molar-refractivity contribution in [3.8, 4) is 0 Å². The molecule has 0 aromatic carbocycles. The molecule has 6 heteroatoms. The minimum absolute atomic E-state index is 0.190. The number of hydrogen-bond donors (Lipinski definition) is 5. The fourth-order valence-electron chi connectivity index (χ4n) is 0.779. The molecule has 0 aromatic heterocycles. The number of amides is 1. The van der Waals surface area contributed by atoms with Crippen LogP contribution in [0.15, 0.2) is 0 Å². The minimum atomic E-state index is -0.689. The molecular formula is C6H16N4O2. The molecule has 0 saturated carbocycles. The second-order valence-electron chi connectivity index (χ2n) is 2.50. The number of carbonyl (C=O) groups excluding carboxylic acids is 1. The molecule has 0 aliphatic rings. The highest BCUT2D eigenvalue weighted by molar-refractivity contribution is 5.74. The largest absolute Gasteiger partial charge is 0.377 e. The second kappa shape index (κ2) is 6.99. The average molecular weight is 176 g/mol. The second-order valence-corrected chi connectivity index (χ2v) is 2.50. The lowest BCUT2D eigenvalue weighted by molar-refractivity contribution is -0.121. The van der Waals surface area contributed by atoms with Crippen LogP contribution < -0.4 is 22.5 Å². The van der Waals surface area contributed by atoms with E-state index in [1.807, 2.05) is 5.43 Å². The van der Waals surface area contributed by atoms with Gasteiger partial charge in [-0.15, -0.1) is 0 Å². The van der Waals surface area contributed by atoms with E-state index in [4.69, 9.17) is 16.8 Å². The molecule has 7 N–H and O–H groups in total. The van der Waals surface area contributed by atoms with Crippen LogP contribution in [0, 0.1) is 0 Å². The Hall–Kier alpha value is -0.690. The highest BCUT2D eigenvalue weighted by Crippen LogP contribution is 2.00. The fourth-order valence-corrected chi connectivity index (χ4v) is 0.779. The molecule has 72 valence electrons. The van der Waals surface area contributed by atoms with E-state index in [1.165, 1.54) is 0 Å². The molecule has 0 spiro atoms. The first-order chi connectivity index (χ1) is 5.70. The van der Waals surface area contributed by atoms with Gasteiger partial charge in [-0.25, -0.2) is 11.3 Å². The Labute approximate surface area is 71.2 Å². The van der Waals surface area contributed by atoms with E-state index in [9.17, 15) is 4.79 Å². The Morgan fingerprint density at radius 2 is 2.08 bits per heavy atom. The molecule has 0 unspecified atom stereocenters. The maximum absolute atomic E-state index is 10.6. The third-order valence-corrected chi connectivity index (χ3v) is 1.48. The minimum Gasteiger partial charge on any atom is -0.377 e. The van der Waals surface area contributed by atoms with E-state index in [0.29, 0.717) is 19.3 Å². The number of carbonyl (C=O) groups is 1. The van der Waals surface area contributed by atoms with Gasteiger partial charge in [0.1, 0.15) is 6.23 Å². The Morgan fingerprint density at radius 1 is 1.42 bits per heavy atom. The van der Waals surface area contributed by atoms with E-state index >= 15 is 0 Å². The zero-order chi connectivity index (χ0) is 9.40. The SMILES string of the molecule is NNC(=O)CCCC[C@H](O)NN. The lowest BCUT2D eigenvalue weighted by atomic mass is 10.2.